The van der Waals surface area contributed by atoms with Gasteiger partial charge in [0.2, 0.25) is 5.91 Å². The van der Waals surface area contributed by atoms with Gasteiger partial charge in [0, 0.05) is 12.6 Å². The topological polar surface area (TPSA) is 64.4 Å². The third-order valence-electron chi connectivity index (χ3n) is 3.87. The van der Waals surface area contributed by atoms with Gasteiger partial charge in [-0.1, -0.05) is 12.1 Å². The van der Waals surface area contributed by atoms with Crippen LogP contribution in [0.2, 0.25) is 0 Å². The van der Waals surface area contributed by atoms with Crippen molar-refractivity contribution in [1.82, 2.24) is 5.32 Å². The average Bonchev–Trinajstić information content (AvgIpc) is 2.95. The molecule has 1 saturated heterocycles. The van der Waals surface area contributed by atoms with E-state index in [1.807, 2.05) is 6.92 Å². The van der Waals surface area contributed by atoms with Gasteiger partial charge in [-0.2, -0.15) is 13.2 Å². The minimum Gasteiger partial charge on any atom is -0.364 e. The second-order valence-electron chi connectivity index (χ2n) is 5.87. The lowest BCUT2D eigenvalue weighted by atomic mass is 10.0. The van der Waals surface area contributed by atoms with Crippen LogP contribution in [-0.4, -0.2) is 30.7 Å². The molecule has 0 saturated carbocycles. The zero-order valence-electron chi connectivity index (χ0n) is 13.3. The largest absolute Gasteiger partial charge is 0.416 e. The van der Waals surface area contributed by atoms with Crippen LogP contribution in [0.1, 0.15) is 30.9 Å². The summed E-state index contributed by atoms with van der Waals surface area (Å²) in [6, 6.07) is 4.77. The summed E-state index contributed by atoms with van der Waals surface area (Å²) in [5.74, 6) is -0.194. The first-order valence-corrected chi connectivity index (χ1v) is 7.61. The van der Waals surface area contributed by atoms with E-state index in [2.05, 4.69) is 5.32 Å². The molecule has 1 aliphatic heterocycles. The molecule has 136 valence electrons. The van der Waals surface area contributed by atoms with Gasteiger partial charge in [0.05, 0.1) is 11.7 Å². The molecule has 3 atom stereocenters. The molecule has 0 aliphatic carbocycles. The minimum absolute atomic E-state index is 0. The van der Waals surface area contributed by atoms with Gasteiger partial charge in [-0.15, -0.1) is 12.4 Å². The average molecular weight is 367 g/mol. The summed E-state index contributed by atoms with van der Waals surface area (Å²) in [7, 11) is 0. The molecule has 24 heavy (non-hydrogen) atoms. The number of carbonyl (C=O) groups excluding carboxylic acids is 1. The van der Waals surface area contributed by atoms with Crippen molar-refractivity contribution >= 4 is 18.3 Å². The van der Waals surface area contributed by atoms with Crippen LogP contribution >= 0.6 is 12.4 Å². The van der Waals surface area contributed by atoms with Crippen LogP contribution in [-0.2, 0) is 22.1 Å². The van der Waals surface area contributed by atoms with E-state index in [9.17, 15) is 18.0 Å². The Morgan fingerprint density at radius 3 is 2.46 bits per heavy atom. The first-order valence-electron chi connectivity index (χ1n) is 7.61. The number of rotatable bonds is 5. The third-order valence-corrected chi connectivity index (χ3v) is 3.87. The Balaban J connectivity index is 0.00000288. The van der Waals surface area contributed by atoms with Gasteiger partial charge in [-0.05, 0) is 43.9 Å². The Morgan fingerprint density at radius 1 is 1.33 bits per heavy atom. The number of hydrogen-bond acceptors (Lipinski definition) is 3. The standard InChI is InChI=1S/C16H21F3N2O2.ClH/c1-10(21-15(22)14-7-6-13(9-20)23-14)8-11-2-4-12(5-3-11)16(17,18)19;/h2-5,10,13-14H,6-9,20H2,1H3,(H,21,22);1H/t10?,13-,14+;/m1./s1. The van der Waals surface area contributed by atoms with Crippen molar-refractivity contribution in [3.63, 3.8) is 0 Å². The molecule has 0 spiro atoms. The molecule has 4 nitrogen and oxygen atoms in total. The molecule has 3 N–H and O–H groups in total. The fourth-order valence-electron chi connectivity index (χ4n) is 2.64. The molecule has 1 aliphatic rings. The van der Waals surface area contributed by atoms with E-state index < -0.39 is 17.8 Å². The smallest absolute Gasteiger partial charge is 0.364 e. The zero-order chi connectivity index (χ0) is 17.0. The summed E-state index contributed by atoms with van der Waals surface area (Å²) in [5, 5.41) is 2.83. The zero-order valence-corrected chi connectivity index (χ0v) is 14.1. The number of alkyl halides is 3. The quantitative estimate of drug-likeness (QED) is 0.842. The SMILES string of the molecule is CC(Cc1ccc(C(F)(F)F)cc1)NC(=O)[C@@H]1CC[C@H](CN)O1.Cl. The van der Waals surface area contributed by atoms with Crippen molar-refractivity contribution in [3.05, 3.63) is 35.4 Å². The molecule has 8 heteroatoms. The molecule has 0 radical (unpaired) electrons. The van der Waals surface area contributed by atoms with Crippen LogP contribution < -0.4 is 11.1 Å². The molecule has 1 amide bonds. The van der Waals surface area contributed by atoms with Crippen LogP contribution in [0.25, 0.3) is 0 Å². The highest BCUT2D eigenvalue weighted by Crippen LogP contribution is 2.29. The first-order chi connectivity index (χ1) is 10.8. The van der Waals surface area contributed by atoms with Crippen molar-refractivity contribution in [1.29, 1.82) is 0 Å². The molecule has 1 fully saturated rings. The highest BCUT2D eigenvalue weighted by molar-refractivity contribution is 5.85. The summed E-state index contributed by atoms with van der Waals surface area (Å²) in [6.45, 7) is 2.20. The summed E-state index contributed by atoms with van der Waals surface area (Å²) < 4.78 is 43.0. The lowest BCUT2D eigenvalue weighted by Crippen LogP contribution is -2.41. The lowest BCUT2D eigenvalue weighted by molar-refractivity contribution is -0.137. The van der Waals surface area contributed by atoms with Crippen LogP contribution in [0.5, 0.6) is 0 Å². The summed E-state index contributed by atoms with van der Waals surface area (Å²) in [5.41, 5.74) is 5.56. The Hall–Kier alpha value is -1.31. The van der Waals surface area contributed by atoms with E-state index in [0.717, 1.165) is 24.1 Å². The van der Waals surface area contributed by atoms with E-state index in [1.54, 1.807) is 0 Å². The number of halogens is 4. The normalized spacial score (nSPS) is 21.9. The Kier molecular flexibility index (Phi) is 7.51. The van der Waals surface area contributed by atoms with Gasteiger partial charge < -0.3 is 15.8 Å². The predicted octanol–water partition coefficient (Wildman–Crippen LogP) is 2.68. The number of nitrogens with two attached hydrogens (primary N) is 1. The highest BCUT2D eigenvalue weighted by atomic mass is 35.5. The molecular formula is C16H22ClF3N2O2. The Bertz CT molecular complexity index is 537. The van der Waals surface area contributed by atoms with Gasteiger partial charge in [0.1, 0.15) is 6.10 Å². The summed E-state index contributed by atoms with van der Waals surface area (Å²) in [6.07, 6.45) is -3.04. The van der Waals surface area contributed by atoms with Gasteiger partial charge in [-0.25, -0.2) is 0 Å². The van der Waals surface area contributed by atoms with Gasteiger partial charge in [0.15, 0.2) is 0 Å². The van der Waals surface area contributed by atoms with E-state index in [1.165, 1.54) is 12.1 Å². The van der Waals surface area contributed by atoms with Crippen LogP contribution in [0.4, 0.5) is 13.2 Å². The van der Waals surface area contributed by atoms with Crippen molar-refractivity contribution < 1.29 is 22.7 Å². The van der Waals surface area contributed by atoms with E-state index in [4.69, 9.17) is 10.5 Å². The maximum absolute atomic E-state index is 12.5. The van der Waals surface area contributed by atoms with Crippen LogP contribution in [0.3, 0.4) is 0 Å². The lowest BCUT2D eigenvalue weighted by Gasteiger charge is -2.18. The van der Waals surface area contributed by atoms with Crippen molar-refractivity contribution in [2.24, 2.45) is 5.73 Å². The molecule has 0 aromatic heterocycles. The number of nitrogens with one attached hydrogen (secondary N) is 1. The number of hydrogen-bond donors (Lipinski definition) is 2. The predicted molar refractivity (Wildman–Crippen MR) is 87.0 cm³/mol. The fraction of sp³-hybridized carbons (Fsp3) is 0.562. The van der Waals surface area contributed by atoms with E-state index in [-0.39, 0.29) is 30.5 Å². The molecule has 0 bridgehead atoms. The maximum Gasteiger partial charge on any atom is 0.416 e. The van der Waals surface area contributed by atoms with Gasteiger partial charge in [-0.3, -0.25) is 4.79 Å². The Labute approximate surface area is 145 Å². The minimum atomic E-state index is -4.34. The first kappa shape index (κ1) is 20.7. The molecule has 1 aromatic carbocycles. The molecule has 2 rings (SSSR count). The van der Waals surface area contributed by atoms with Gasteiger partial charge in [0.25, 0.3) is 0 Å². The number of carbonyl (C=O) groups is 1. The van der Waals surface area contributed by atoms with Crippen molar-refractivity contribution in [2.45, 2.75) is 50.6 Å². The second kappa shape index (κ2) is 8.69. The Morgan fingerprint density at radius 2 is 1.96 bits per heavy atom. The van der Waals surface area contributed by atoms with E-state index >= 15 is 0 Å². The van der Waals surface area contributed by atoms with Gasteiger partial charge >= 0.3 is 6.18 Å². The fourth-order valence-corrected chi connectivity index (χ4v) is 2.64. The maximum atomic E-state index is 12.5. The number of amides is 1. The number of ether oxygens (including phenoxy) is 1. The number of benzene rings is 1. The highest BCUT2D eigenvalue weighted by Gasteiger charge is 2.31. The van der Waals surface area contributed by atoms with Crippen LogP contribution in [0.15, 0.2) is 24.3 Å². The monoisotopic (exact) mass is 366 g/mol. The second-order valence-corrected chi connectivity index (χ2v) is 5.87. The molecule has 1 heterocycles. The molecule has 1 unspecified atom stereocenters. The van der Waals surface area contributed by atoms with Crippen molar-refractivity contribution in [2.75, 3.05) is 6.54 Å². The third kappa shape index (κ3) is 5.65. The van der Waals surface area contributed by atoms with Crippen molar-refractivity contribution in [3.8, 4) is 0 Å². The van der Waals surface area contributed by atoms with E-state index in [0.29, 0.717) is 19.4 Å². The van der Waals surface area contributed by atoms with Crippen LogP contribution in [0, 0.1) is 0 Å². The molecular weight excluding hydrogens is 345 g/mol. The molecule has 1 aromatic rings. The summed E-state index contributed by atoms with van der Waals surface area (Å²) in [4.78, 5) is 12.1. The summed E-state index contributed by atoms with van der Waals surface area (Å²) >= 11 is 0.